The molecule has 0 aliphatic carbocycles. The molecule has 0 unspecified atom stereocenters. The lowest BCUT2D eigenvalue weighted by Gasteiger charge is -2.09. The third-order valence-electron chi connectivity index (χ3n) is 3.20. The van der Waals surface area contributed by atoms with E-state index in [1.54, 1.807) is 0 Å². The Labute approximate surface area is 117 Å². The molecule has 0 fully saturated rings. The Kier molecular flexibility index (Phi) is 3.56. The molecule has 0 spiro atoms. The van der Waals surface area contributed by atoms with Gasteiger partial charge in [-0.3, -0.25) is 4.57 Å². The SMILES string of the molecule is NCc1nnc(Cc2ccccc2)n1-c1ccccc1. The zero-order valence-corrected chi connectivity index (χ0v) is 11.1. The molecule has 4 nitrogen and oxygen atoms in total. The third kappa shape index (κ3) is 2.46. The predicted octanol–water partition coefficient (Wildman–Crippen LogP) is 2.32. The molecule has 0 amide bonds. The molecule has 2 aromatic carbocycles. The third-order valence-corrected chi connectivity index (χ3v) is 3.20. The zero-order valence-electron chi connectivity index (χ0n) is 11.1. The van der Waals surface area contributed by atoms with Gasteiger partial charge in [0.25, 0.3) is 0 Å². The van der Waals surface area contributed by atoms with Crippen LogP contribution in [0.25, 0.3) is 5.69 Å². The molecule has 0 saturated heterocycles. The summed E-state index contributed by atoms with van der Waals surface area (Å²) in [6.45, 7) is 0.372. The Bertz CT molecular complexity index is 674. The first-order valence-corrected chi connectivity index (χ1v) is 6.61. The van der Waals surface area contributed by atoms with Crippen molar-refractivity contribution in [2.45, 2.75) is 13.0 Å². The molecular formula is C16H16N4. The molecule has 3 rings (SSSR count). The normalized spacial score (nSPS) is 10.7. The number of benzene rings is 2. The first kappa shape index (κ1) is 12.6. The Hall–Kier alpha value is -2.46. The van der Waals surface area contributed by atoms with Crippen LogP contribution in [0.2, 0.25) is 0 Å². The predicted molar refractivity (Wildman–Crippen MR) is 78.5 cm³/mol. The molecule has 0 aliphatic heterocycles. The van der Waals surface area contributed by atoms with Crippen LogP contribution in [0.5, 0.6) is 0 Å². The fraction of sp³-hybridized carbons (Fsp3) is 0.125. The highest BCUT2D eigenvalue weighted by molar-refractivity contribution is 5.35. The lowest BCUT2D eigenvalue weighted by atomic mass is 10.1. The minimum absolute atomic E-state index is 0.372. The van der Waals surface area contributed by atoms with Gasteiger partial charge >= 0.3 is 0 Å². The summed E-state index contributed by atoms with van der Waals surface area (Å²) in [5, 5.41) is 8.49. The first-order valence-electron chi connectivity index (χ1n) is 6.61. The van der Waals surface area contributed by atoms with E-state index in [4.69, 9.17) is 5.73 Å². The molecule has 2 N–H and O–H groups in total. The number of rotatable bonds is 4. The minimum Gasteiger partial charge on any atom is -0.324 e. The molecule has 0 atom stereocenters. The summed E-state index contributed by atoms with van der Waals surface area (Å²) in [5.41, 5.74) is 8.03. The molecular weight excluding hydrogens is 248 g/mol. The quantitative estimate of drug-likeness (QED) is 0.786. The van der Waals surface area contributed by atoms with Crippen molar-refractivity contribution in [3.8, 4) is 5.69 Å². The molecule has 0 bridgehead atoms. The van der Waals surface area contributed by atoms with E-state index in [1.165, 1.54) is 5.56 Å². The molecule has 3 aromatic rings. The van der Waals surface area contributed by atoms with Gasteiger partial charge in [0.2, 0.25) is 0 Å². The largest absolute Gasteiger partial charge is 0.324 e. The van der Waals surface area contributed by atoms with Crippen LogP contribution in [0.3, 0.4) is 0 Å². The fourth-order valence-electron chi connectivity index (χ4n) is 2.25. The van der Waals surface area contributed by atoms with Crippen molar-refractivity contribution in [1.82, 2.24) is 14.8 Å². The van der Waals surface area contributed by atoms with Crippen molar-refractivity contribution in [2.24, 2.45) is 5.73 Å². The Balaban J connectivity index is 2.02. The van der Waals surface area contributed by atoms with Crippen molar-refractivity contribution < 1.29 is 0 Å². The molecule has 20 heavy (non-hydrogen) atoms. The number of aromatic nitrogens is 3. The Morgan fingerprint density at radius 2 is 1.40 bits per heavy atom. The van der Waals surface area contributed by atoms with Gasteiger partial charge in [0, 0.05) is 12.1 Å². The average Bonchev–Trinajstić information content (AvgIpc) is 2.92. The summed E-state index contributed by atoms with van der Waals surface area (Å²) < 4.78 is 2.03. The van der Waals surface area contributed by atoms with Gasteiger partial charge in [-0.15, -0.1) is 10.2 Å². The number of hydrogen-bond donors (Lipinski definition) is 1. The van der Waals surface area contributed by atoms with Gasteiger partial charge in [-0.05, 0) is 17.7 Å². The van der Waals surface area contributed by atoms with Crippen molar-refractivity contribution in [3.05, 3.63) is 77.9 Å². The van der Waals surface area contributed by atoms with E-state index in [0.29, 0.717) is 6.54 Å². The van der Waals surface area contributed by atoms with Crippen LogP contribution >= 0.6 is 0 Å². The van der Waals surface area contributed by atoms with Crippen LogP contribution in [0.15, 0.2) is 60.7 Å². The van der Waals surface area contributed by atoms with E-state index in [2.05, 4.69) is 22.3 Å². The van der Waals surface area contributed by atoms with Gasteiger partial charge in [0.05, 0.1) is 6.54 Å². The number of hydrogen-bond acceptors (Lipinski definition) is 3. The lowest BCUT2D eigenvalue weighted by Crippen LogP contribution is -2.09. The van der Waals surface area contributed by atoms with Crippen LogP contribution in [0, 0.1) is 0 Å². The highest BCUT2D eigenvalue weighted by atomic mass is 15.3. The molecule has 4 heteroatoms. The lowest BCUT2D eigenvalue weighted by molar-refractivity contribution is 0.838. The van der Waals surface area contributed by atoms with Crippen molar-refractivity contribution in [1.29, 1.82) is 0 Å². The summed E-state index contributed by atoms with van der Waals surface area (Å²) >= 11 is 0. The van der Waals surface area contributed by atoms with Crippen LogP contribution in [-0.4, -0.2) is 14.8 Å². The molecule has 0 aliphatic rings. The molecule has 0 saturated carbocycles. The minimum atomic E-state index is 0.372. The number of para-hydroxylation sites is 1. The highest BCUT2D eigenvalue weighted by Crippen LogP contribution is 2.15. The molecule has 1 heterocycles. The maximum Gasteiger partial charge on any atom is 0.151 e. The highest BCUT2D eigenvalue weighted by Gasteiger charge is 2.12. The van der Waals surface area contributed by atoms with Gasteiger partial charge in [-0.2, -0.15) is 0 Å². The molecule has 100 valence electrons. The molecule has 0 radical (unpaired) electrons. The second-order valence-electron chi connectivity index (χ2n) is 4.57. The standard InChI is InChI=1S/C16H16N4/c17-12-16-19-18-15(11-13-7-3-1-4-8-13)20(16)14-9-5-2-6-10-14/h1-10H,11-12,17H2. The van der Waals surface area contributed by atoms with Gasteiger partial charge in [0.15, 0.2) is 5.82 Å². The van der Waals surface area contributed by atoms with Crippen LogP contribution < -0.4 is 5.73 Å². The summed E-state index contributed by atoms with van der Waals surface area (Å²) in [6, 6.07) is 20.3. The van der Waals surface area contributed by atoms with E-state index >= 15 is 0 Å². The smallest absolute Gasteiger partial charge is 0.151 e. The second-order valence-corrected chi connectivity index (χ2v) is 4.57. The van der Waals surface area contributed by atoms with E-state index in [-0.39, 0.29) is 0 Å². The topological polar surface area (TPSA) is 56.7 Å². The monoisotopic (exact) mass is 264 g/mol. The molecule has 1 aromatic heterocycles. The summed E-state index contributed by atoms with van der Waals surface area (Å²) in [4.78, 5) is 0. The van der Waals surface area contributed by atoms with Crippen molar-refractivity contribution >= 4 is 0 Å². The number of nitrogens with zero attached hydrogens (tertiary/aromatic N) is 3. The maximum absolute atomic E-state index is 5.77. The van der Waals surface area contributed by atoms with E-state index < -0.39 is 0 Å². The van der Waals surface area contributed by atoms with Gasteiger partial charge in [-0.1, -0.05) is 48.5 Å². The Morgan fingerprint density at radius 1 is 0.800 bits per heavy atom. The zero-order chi connectivity index (χ0) is 13.8. The average molecular weight is 264 g/mol. The van der Waals surface area contributed by atoms with Gasteiger partial charge in [0.1, 0.15) is 5.82 Å². The summed E-state index contributed by atoms with van der Waals surface area (Å²) in [5.74, 6) is 1.69. The van der Waals surface area contributed by atoms with E-state index in [0.717, 1.165) is 23.8 Å². The van der Waals surface area contributed by atoms with Crippen LogP contribution in [0.4, 0.5) is 0 Å². The second kappa shape index (κ2) is 5.67. The van der Waals surface area contributed by atoms with Crippen LogP contribution in [0.1, 0.15) is 17.2 Å². The fourth-order valence-corrected chi connectivity index (χ4v) is 2.25. The van der Waals surface area contributed by atoms with Gasteiger partial charge in [-0.25, -0.2) is 0 Å². The maximum atomic E-state index is 5.77. The van der Waals surface area contributed by atoms with Crippen molar-refractivity contribution in [2.75, 3.05) is 0 Å². The van der Waals surface area contributed by atoms with Crippen LogP contribution in [-0.2, 0) is 13.0 Å². The number of nitrogens with two attached hydrogens (primary N) is 1. The van der Waals surface area contributed by atoms with E-state index in [1.807, 2.05) is 53.1 Å². The summed E-state index contributed by atoms with van der Waals surface area (Å²) in [7, 11) is 0. The van der Waals surface area contributed by atoms with E-state index in [9.17, 15) is 0 Å². The first-order chi connectivity index (χ1) is 9.88. The summed E-state index contributed by atoms with van der Waals surface area (Å²) in [6.07, 6.45) is 0.739. The Morgan fingerprint density at radius 3 is 2.05 bits per heavy atom. The van der Waals surface area contributed by atoms with Gasteiger partial charge < -0.3 is 5.73 Å². The van der Waals surface area contributed by atoms with Crippen molar-refractivity contribution in [3.63, 3.8) is 0 Å².